The molecule has 0 bridgehead atoms. The first-order valence-corrected chi connectivity index (χ1v) is 7.64. The molecular formula is C15H32N2O. The molecule has 108 valence electrons. The van der Waals surface area contributed by atoms with Gasteiger partial charge < -0.3 is 10.5 Å². The van der Waals surface area contributed by atoms with Crippen LogP contribution in [0.15, 0.2) is 0 Å². The first-order valence-electron chi connectivity index (χ1n) is 7.64. The average molecular weight is 256 g/mol. The highest BCUT2D eigenvalue weighted by atomic mass is 16.5. The first-order chi connectivity index (χ1) is 8.63. The van der Waals surface area contributed by atoms with Crippen LogP contribution in [0.3, 0.4) is 0 Å². The van der Waals surface area contributed by atoms with Gasteiger partial charge in [-0.2, -0.15) is 0 Å². The van der Waals surface area contributed by atoms with Crippen molar-refractivity contribution in [3.05, 3.63) is 0 Å². The predicted octanol–water partition coefficient (Wildman–Crippen LogP) is 2.64. The van der Waals surface area contributed by atoms with Gasteiger partial charge in [0, 0.05) is 31.8 Å². The van der Waals surface area contributed by atoms with Gasteiger partial charge in [-0.3, -0.25) is 4.90 Å². The lowest BCUT2D eigenvalue weighted by molar-refractivity contribution is 0.0482. The van der Waals surface area contributed by atoms with Gasteiger partial charge in [0.15, 0.2) is 0 Å². The van der Waals surface area contributed by atoms with Crippen molar-refractivity contribution in [3.8, 4) is 0 Å². The van der Waals surface area contributed by atoms with E-state index in [-0.39, 0.29) is 0 Å². The van der Waals surface area contributed by atoms with Crippen molar-refractivity contribution in [1.82, 2.24) is 4.90 Å². The van der Waals surface area contributed by atoms with E-state index in [0.29, 0.717) is 18.1 Å². The molecular weight excluding hydrogens is 224 g/mol. The monoisotopic (exact) mass is 256 g/mol. The van der Waals surface area contributed by atoms with E-state index < -0.39 is 0 Å². The quantitative estimate of drug-likeness (QED) is 0.761. The van der Waals surface area contributed by atoms with Gasteiger partial charge in [0.25, 0.3) is 0 Å². The summed E-state index contributed by atoms with van der Waals surface area (Å²) in [6.07, 6.45) is 6.24. The van der Waals surface area contributed by atoms with Gasteiger partial charge in [-0.05, 0) is 38.5 Å². The third-order valence-electron chi connectivity index (χ3n) is 4.69. The van der Waals surface area contributed by atoms with Crippen molar-refractivity contribution in [2.24, 2.45) is 11.7 Å². The lowest BCUT2D eigenvalue weighted by Crippen LogP contribution is -2.54. The Bertz CT molecular complexity index is 219. The maximum Gasteiger partial charge on any atom is 0.0589 e. The molecule has 0 aromatic rings. The minimum atomic E-state index is 0.346. The largest absolute Gasteiger partial charge is 0.383 e. The summed E-state index contributed by atoms with van der Waals surface area (Å²) < 4.78 is 5.26. The smallest absolute Gasteiger partial charge is 0.0589 e. The summed E-state index contributed by atoms with van der Waals surface area (Å²) in [5.41, 5.74) is 6.38. The average Bonchev–Trinajstić information content (AvgIpc) is 2.40. The number of ether oxygens (including phenoxy) is 1. The topological polar surface area (TPSA) is 38.5 Å². The Morgan fingerprint density at radius 2 is 2.06 bits per heavy atom. The van der Waals surface area contributed by atoms with Crippen LogP contribution in [0.25, 0.3) is 0 Å². The number of methoxy groups -OCH3 is 1. The number of hydrogen-bond acceptors (Lipinski definition) is 3. The van der Waals surface area contributed by atoms with E-state index in [1.165, 1.54) is 32.1 Å². The van der Waals surface area contributed by atoms with Crippen molar-refractivity contribution >= 4 is 0 Å². The highest BCUT2D eigenvalue weighted by molar-refractivity contribution is 4.90. The molecule has 0 saturated heterocycles. The van der Waals surface area contributed by atoms with E-state index in [1.807, 2.05) is 0 Å². The zero-order chi connectivity index (χ0) is 13.5. The summed E-state index contributed by atoms with van der Waals surface area (Å²) in [6, 6.07) is 1.50. The Kier molecular flexibility index (Phi) is 7.20. The highest BCUT2D eigenvalue weighted by Gasteiger charge is 2.33. The van der Waals surface area contributed by atoms with Gasteiger partial charge in [0.2, 0.25) is 0 Å². The molecule has 1 saturated carbocycles. The van der Waals surface area contributed by atoms with E-state index >= 15 is 0 Å². The fourth-order valence-corrected chi connectivity index (χ4v) is 3.15. The second-order valence-electron chi connectivity index (χ2n) is 5.81. The Morgan fingerprint density at radius 1 is 1.33 bits per heavy atom. The molecule has 1 fully saturated rings. The molecule has 2 N–H and O–H groups in total. The van der Waals surface area contributed by atoms with Gasteiger partial charge in [-0.15, -0.1) is 0 Å². The molecule has 4 atom stereocenters. The molecule has 0 spiro atoms. The summed E-state index contributed by atoms with van der Waals surface area (Å²) in [6.45, 7) is 8.71. The standard InChI is InChI=1S/C15H32N2O/c1-5-12(3)17(9-10-18-4)15-11-13(6-2)7-8-14(15)16/h12-15H,5-11,16H2,1-4H3. The van der Waals surface area contributed by atoms with Crippen molar-refractivity contribution in [3.63, 3.8) is 0 Å². The van der Waals surface area contributed by atoms with Crippen LogP contribution in [-0.4, -0.2) is 43.3 Å². The van der Waals surface area contributed by atoms with Gasteiger partial charge in [0.1, 0.15) is 0 Å². The highest BCUT2D eigenvalue weighted by Crippen LogP contribution is 2.30. The van der Waals surface area contributed by atoms with Crippen LogP contribution in [0.4, 0.5) is 0 Å². The minimum absolute atomic E-state index is 0.346. The molecule has 0 amide bonds. The normalized spacial score (nSPS) is 30.7. The lowest BCUT2D eigenvalue weighted by Gasteiger charge is -2.44. The minimum Gasteiger partial charge on any atom is -0.383 e. The molecule has 1 rings (SSSR count). The molecule has 3 heteroatoms. The number of rotatable bonds is 7. The van der Waals surface area contributed by atoms with E-state index in [4.69, 9.17) is 10.5 Å². The Morgan fingerprint density at radius 3 is 2.61 bits per heavy atom. The lowest BCUT2D eigenvalue weighted by atomic mass is 9.80. The van der Waals surface area contributed by atoms with Crippen LogP contribution in [0.1, 0.15) is 52.9 Å². The van der Waals surface area contributed by atoms with E-state index in [0.717, 1.165) is 19.1 Å². The molecule has 3 nitrogen and oxygen atoms in total. The maximum atomic E-state index is 6.38. The fraction of sp³-hybridized carbons (Fsp3) is 1.00. The molecule has 4 unspecified atom stereocenters. The zero-order valence-corrected chi connectivity index (χ0v) is 12.7. The molecule has 0 aliphatic heterocycles. The summed E-state index contributed by atoms with van der Waals surface area (Å²) in [4.78, 5) is 2.59. The van der Waals surface area contributed by atoms with Crippen LogP contribution < -0.4 is 5.73 Å². The van der Waals surface area contributed by atoms with E-state index in [9.17, 15) is 0 Å². The van der Waals surface area contributed by atoms with Crippen molar-refractivity contribution in [1.29, 1.82) is 0 Å². The van der Waals surface area contributed by atoms with Crippen molar-refractivity contribution < 1.29 is 4.74 Å². The second-order valence-corrected chi connectivity index (χ2v) is 5.81. The van der Waals surface area contributed by atoms with Crippen LogP contribution in [0.2, 0.25) is 0 Å². The number of hydrogen-bond donors (Lipinski definition) is 1. The second kappa shape index (κ2) is 8.13. The van der Waals surface area contributed by atoms with Gasteiger partial charge >= 0.3 is 0 Å². The molecule has 0 aromatic carbocycles. The number of nitrogens with zero attached hydrogens (tertiary/aromatic N) is 1. The Labute approximate surface area is 113 Å². The maximum absolute atomic E-state index is 6.38. The van der Waals surface area contributed by atoms with Crippen LogP contribution in [0, 0.1) is 5.92 Å². The molecule has 0 radical (unpaired) electrons. The summed E-state index contributed by atoms with van der Waals surface area (Å²) in [5, 5.41) is 0. The third kappa shape index (κ3) is 4.22. The summed E-state index contributed by atoms with van der Waals surface area (Å²) >= 11 is 0. The number of nitrogens with two attached hydrogens (primary N) is 1. The summed E-state index contributed by atoms with van der Waals surface area (Å²) in [7, 11) is 1.78. The van der Waals surface area contributed by atoms with Gasteiger partial charge in [0.05, 0.1) is 6.61 Å². The van der Waals surface area contributed by atoms with Crippen molar-refractivity contribution in [2.75, 3.05) is 20.3 Å². The first kappa shape index (κ1) is 15.9. The van der Waals surface area contributed by atoms with E-state index in [1.54, 1.807) is 7.11 Å². The van der Waals surface area contributed by atoms with Crippen molar-refractivity contribution in [2.45, 2.75) is 71.0 Å². The zero-order valence-electron chi connectivity index (χ0n) is 12.7. The molecule has 18 heavy (non-hydrogen) atoms. The predicted molar refractivity (Wildman–Crippen MR) is 77.7 cm³/mol. The van der Waals surface area contributed by atoms with Gasteiger partial charge in [-0.1, -0.05) is 20.3 Å². The fourth-order valence-electron chi connectivity index (χ4n) is 3.15. The third-order valence-corrected chi connectivity index (χ3v) is 4.69. The molecule has 1 aliphatic rings. The Balaban J connectivity index is 2.68. The van der Waals surface area contributed by atoms with E-state index in [2.05, 4.69) is 25.7 Å². The van der Waals surface area contributed by atoms with Crippen LogP contribution in [0.5, 0.6) is 0 Å². The summed E-state index contributed by atoms with van der Waals surface area (Å²) in [5.74, 6) is 0.865. The molecule has 0 aromatic heterocycles. The van der Waals surface area contributed by atoms with Crippen LogP contribution >= 0.6 is 0 Å². The SMILES string of the molecule is CCC1CCC(N)C(N(CCOC)C(C)CC)C1. The molecule has 1 aliphatic carbocycles. The van der Waals surface area contributed by atoms with Gasteiger partial charge in [-0.25, -0.2) is 0 Å². The Hall–Kier alpha value is -0.120. The van der Waals surface area contributed by atoms with Crippen LogP contribution in [-0.2, 0) is 4.74 Å². The molecule has 0 heterocycles.